The van der Waals surface area contributed by atoms with Gasteiger partial charge >= 0.3 is 5.97 Å². The van der Waals surface area contributed by atoms with E-state index in [0.717, 1.165) is 25.0 Å². The van der Waals surface area contributed by atoms with E-state index in [2.05, 4.69) is 11.9 Å². The van der Waals surface area contributed by atoms with Crippen LogP contribution in [-0.2, 0) is 4.74 Å². The van der Waals surface area contributed by atoms with Crippen LogP contribution in [0.3, 0.4) is 0 Å². The van der Waals surface area contributed by atoms with Gasteiger partial charge in [0.1, 0.15) is 5.75 Å². The number of rotatable bonds is 9. The average molecular weight is 315 g/mol. The number of aromatic nitrogens is 1. The molecule has 0 atom stereocenters. The van der Waals surface area contributed by atoms with E-state index in [1.807, 2.05) is 0 Å². The first-order chi connectivity index (χ1) is 11.2. The summed E-state index contributed by atoms with van der Waals surface area (Å²) in [6.07, 6.45) is 4.95. The van der Waals surface area contributed by atoms with Crippen LogP contribution in [0, 0.1) is 0 Å². The number of aromatic amines is 1. The Hall–Kier alpha value is -2.56. The van der Waals surface area contributed by atoms with Crippen LogP contribution >= 0.6 is 0 Å². The van der Waals surface area contributed by atoms with Crippen molar-refractivity contribution in [3.8, 4) is 5.75 Å². The summed E-state index contributed by atoms with van der Waals surface area (Å²) in [7, 11) is 0. The third kappa shape index (κ3) is 5.29. The number of hydrogen-bond acceptors (Lipinski definition) is 4. The van der Waals surface area contributed by atoms with Crippen LogP contribution in [0.1, 0.15) is 47.0 Å². The van der Waals surface area contributed by atoms with E-state index in [0.29, 0.717) is 17.9 Å². The number of ketones is 1. The smallest absolute Gasteiger partial charge is 0.338 e. The molecule has 0 aliphatic carbocycles. The molecule has 2 aromatic rings. The lowest BCUT2D eigenvalue weighted by molar-refractivity contribution is 0.0473. The topological polar surface area (TPSA) is 68.4 Å². The minimum Gasteiger partial charge on any atom is -0.494 e. The zero-order valence-corrected chi connectivity index (χ0v) is 13.2. The first kappa shape index (κ1) is 16.8. The van der Waals surface area contributed by atoms with E-state index in [1.54, 1.807) is 42.6 Å². The molecule has 5 heteroatoms. The summed E-state index contributed by atoms with van der Waals surface area (Å²) >= 11 is 0. The minimum absolute atomic E-state index is 0.265. The number of H-pyrrole nitrogens is 1. The molecule has 0 saturated heterocycles. The Labute approximate surface area is 135 Å². The van der Waals surface area contributed by atoms with Crippen molar-refractivity contribution in [3.63, 3.8) is 0 Å². The molecule has 122 valence electrons. The summed E-state index contributed by atoms with van der Waals surface area (Å²) in [5.41, 5.74) is 0.818. The molecule has 0 spiro atoms. The maximum Gasteiger partial charge on any atom is 0.338 e. The van der Waals surface area contributed by atoms with E-state index in [1.165, 1.54) is 0 Å². The number of ether oxygens (including phenoxy) is 2. The van der Waals surface area contributed by atoms with E-state index in [-0.39, 0.29) is 12.4 Å². The summed E-state index contributed by atoms with van der Waals surface area (Å²) < 4.78 is 10.6. The molecule has 0 unspecified atom stereocenters. The fourth-order valence-corrected chi connectivity index (χ4v) is 2.03. The van der Waals surface area contributed by atoms with Gasteiger partial charge in [0.15, 0.2) is 6.61 Å². The number of benzene rings is 1. The van der Waals surface area contributed by atoms with Crippen molar-refractivity contribution in [2.45, 2.75) is 26.2 Å². The van der Waals surface area contributed by atoms with Crippen molar-refractivity contribution in [2.75, 3.05) is 13.2 Å². The van der Waals surface area contributed by atoms with Crippen molar-refractivity contribution < 1.29 is 19.1 Å². The number of Topliss-reactive ketones (excluding diaryl/α,β-unsaturated/α-hetero) is 1. The van der Waals surface area contributed by atoms with Crippen molar-refractivity contribution in [1.82, 2.24) is 4.98 Å². The van der Waals surface area contributed by atoms with Gasteiger partial charge < -0.3 is 14.5 Å². The molecule has 0 aliphatic heterocycles. The molecule has 0 bridgehead atoms. The van der Waals surface area contributed by atoms with Gasteiger partial charge in [-0.15, -0.1) is 0 Å². The third-order valence-corrected chi connectivity index (χ3v) is 3.34. The number of carbonyl (C=O) groups excluding carboxylic acids is 2. The average Bonchev–Trinajstić information content (AvgIpc) is 3.11. The van der Waals surface area contributed by atoms with Gasteiger partial charge in [-0.25, -0.2) is 4.79 Å². The Morgan fingerprint density at radius 1 is 1.09 bits per heavy atom. The Morgan fingerprint density at radius 3 is 2.52 bits per heavy atom. The summed E-state index contributed by atoms with van der Waals surface area (Å²) in [5.74, 6) is -0.0678. The highest BCUT2D eigenvalue weighted by molar-refractivity contribution is 5.98. The second-order valence-electron chi connectivity index (χ2n) is 5.16. The zero-order valence-electron chi connectivity index (χ0n) is 13.2. The largest absolute Gasteiger partial charge is 0.494 e. The predicted molar refractivity (Wildman–Crippen MR) is 86.9 cm³/mol. The summed E-state index contributed by atoms with van der Waals surface area (Å²) in [4.78, 5) is 26.4. The summed E-state index contributed by atoms with van der Waals surface area (Å²) in [6.45, 7) is 2.53. The molecular formula is C18H21NO4. The molecule has 0 saturated carbocycles. The minimum atomic E-state index is -0.526. The van der Waals surface area contributed by atoms with E-state index < -0.39 is 5.97 Å². The highest BCUT2D eigenvalue weighted by atomic mass is 16.5. The Balaban J connectivity index is 1.79. The van der Waals surface area contributed by atoms with Gasteiger partial charge in [0, 0.05) is 6.20 Å². The van der Waals surface area contributed by atoms with Gasteiger partial charge in [-0.05, 0) is 42.8 Å². The van der Waals surface area contributed by atoms with Crippen LogP contribution in [0.25, 0.3) is 0 Å². The summed E-state index contributed by atoms with van der Waals surface area (Å²) in [5, 5.41) is 0. The normalized spacial score (nSPS) is 10.3. The second kappa shape index (κ2) is 8.78. The fourth-order valence-electron chi connectivity index (χ4n) is 2.03. The van der Waals surface area contributed by atoms with Crippen LogP contribution in [0.5, 0.6) is 5.75 Å². The highest BCUT2D eigenvalue weighted by Crippen LogP contribution is 2.14. The van der Waals surface area contributed by atoms with E-state index in [9.17, 15) is 9.59 Å². The molecule has 2 rings (SSSR count). The molecule has 23 heavy (non-hydrogen) atoms. The van der Waals surface area contributed by atoms with Gasteiger partial charge in [-0.1, -0.05) is 19.8 Å². The van der Waals surface area contributed by atoms with E-state index in [4.69, 9.17) is 9.47 Å². The molecule has 0 radical (unpaired) electrons. The van der Waals surface area contributed by atoms with Gasteiger partial charge in [-0.2, -0.15) is 0 Å². The lowest BCUT2D eigenvalue weighted by Crippen LogP contribution is -2.14. The number of hydrogen-bond donors (Lipinski definition) is 1. The van der Waals surface area contributed by atoms with Gasteiger partial charge in [0.05, 0.1) is 17.9 Å². The highest BCUT2D eigenvalue weighted by Gasteiger charge is 2.12. The first-order valence-electron chi connectivity index (χ1n) is 7.77. The lowest BCUT2D eigenvalue weighted by atomic mass is 10.2. The first-order valence-corrected chi connectivity index (χ1v) is 7.77. The Morgan fingerprint density at radius 2 is 1.87 bits per heavy atom. The van der Waals surface area contributed by atoms with Gasteiger partial charge in [-0.3, -0.25) is 4.79 Å². The number of carbonyl (C=O) groups is 2. The van der Waals surface area contributed by atoms with Gasteiger partial charge in [0.25, 0.3) is 0 Å². The Bertz CT molecular complexity index is 617. The van der Waals surface area contributed by atoms with Crippen molar-refractivity contribution in [2.24, 2.45) is 0 Å². The molecule has 0 fully saturated rings. The molecule has 1 aromatic heterocycles. The van der Waals surface area contributed by atoms with Crippen LogP contribution in [0.15, 0.2) is 42.6 Å². The molecule has 1 N–H and O–H groups in total. The van der Waals surface area contributed by atoms with Crippen LogP contribution in [0.4, 0.5) is 0 Å². The molecule has 0 amide bonds. The maximum atomic E-state index is 11.9. The molecule has 1 heterocycles. The summed E-state index contributed by atoms with van der Waals surface area (Å²) in [6, 6.07) is 10.1. The molecule has 5 nitrogen and oxygen atoms in total. The predicted octanol–water partition coefficient (Wildman–Crippen LogP) is 3.62. The van der Waals surface area contributed by atoms with Gasteiger partial charge in [0.2, 0.25) is 5.78 Å². The van der Waals surface area contributed by atoms with E-state index >= 15 is 0 Å². The third-order valence-electron chi connectivity index (χ3n) is 3.34. The number of unbranched alkanes of at least 4 members (excludes halogenated alkanes) is 2. The van der Waals surface area contributed by atoms with Crippen LogP contribution in [0.2, 0.25) is 0 Å². The monoisotopic (exact) mass is 315 g/mol. The molecular weight excluding hydrogens is 294 g/mol. The van der Waals surface area contributed by atoms with Crippen molar-refractivity contribution in [3.05, 3.63) is 53.9 Å². The lowest BCUT2D eigenvalue weighted by Gasteiger charge is -2.07. The van der Waals surface area contributed by atoms with Crippen molar-refractivity contribution >= 4 is 11.8 Å². The number of nitrogens with one attached hydrogen (secondary N) is 1. The van der Waals surface area contributed by atoms with Crippen molar-refractivity contribution in [1.29, 1.82) is 0 Å². The SMILES string of the molecule is CCCCCOc1ccc(C(=O)OCC(=O)c2ccc[nH]2)cc1. The second-order valence-corrected chi connectivity index (χ2v) is 5.16. The zero-order chi connectivity index (χ0) is 16.5. The standard InChI is InChI=1S/C18H21NO4/c1-2-3-4-12-22-15-9-7-14(8-10-15)18(21)23-13-17(20)16-6-5-11-19-16/h5-11,19H,2-4,12-13H2,1H3. The quantitative estimate of drug-likeness (QED) is 0.436. The Kier molecular flexibility index (Phi) is 6.41. The van der Waals surface area contributed by atoms with Crippen LogP contribution < -0.4 is 4.74 Å². The fraction of sp³-hybridized carbons (Fsp3) is 0.333. The molecule has 1 aromatic carbocycles. The maximum absolute atomic E-state index is 11.9. The number of esters is 1. The molecule has 0 aliphatic rings. The van der Waals surface area contributed by atoms with Crippen LogP contribution in [-0.4, -0.2) is 30.0 Å².